The molecule has 146 valence electrons. The number of fused-ring (bicyclic) bond motifs is 7. The summed E-state index contributed by atoms with van der Waals surface area (Å²) in [4.78, 5) is 13.1. The fraction of sp³-hybridized carbons (Fsp3) is 0.0357. The SMILES string of the molecule is CC(=O)c1c2cccc(-c3ccccc3)c2n[n+]2c3ccccc3c3ccccc3c12. The molecule has 2 heterocycles. The summed E-state index contributed by atoms with van der Waals surface area (Å²) in [5.41, 5.74) is 5.50. The summed E-state index contributed by atoms with van der Waals surface area (Å²) >= 11 is 0. The molecule has 3 heteroatoms. The smallest absolute Gasteiger partial charge is 0.258 e. The third-order valence-corrected chi connectivity index (χ3v) is 6.00. The molecule has 6 aromatic rings. The number of pyridine rings is 1. The normalized spacial score (nSPS) is 11.5. The maximum Gasteiger partial charge on any atom is 0.258 e. The summed E-state index contributed by atoms with van der Waals surface area (Å²) in [6, 6.07) is 32.8. The predicted octanol–water partition coefficient (Wildman–Crippen LogP) is 6.15. The van der Waals surface area contributed by atoms with Crippen molar-refractivity contribution in [2.75, 3.05) is 0 Å². The Hall–Kier alpha value is -4.11. The Morgan fingerprint density at radius 2 is 1.32 bits per heavy atom. The fourth-order valence-electron chi connectivity index (χ4n) is 4.68. The summed E-state index contributed by atoms with van der Waals surface area (Å²) in [5.74, 6) is 0.0375. The van der Waals surface area contributed by atoms with E-state index in [1.54, 1.807) is 6.92 Å². The lowest BCUT2D eigenvalue weighted by Gasteiger charge is -2.10. The van der Waals surface area contributed by atoms with Gasteiger partial charge in [-0.25, -0.2) is 0 Å². The molecule has 0 unspecified atom stereocenters. The molecule has 0 aliphatic heterocycles. The molecule has 3 nitrogen and oxygen atoms in total. The zero-order valence-corrected chi connectivity index (χ0v) is 17.0. The minimum Gasteiger partial charge on any atom is -0.294 e. The first kappa shape index (κ1) is 17.7. The van der Waals surface area contributed by atoms with Gasteiger partial charge in [-0.3, -0.25) is 4.79 Å². The van der Waals surface area contributed by atoms with Crippen molar-refractivity contribution in [2.24, 2.45) is 0 Å². The minimum atomic E-state index is 0.0375. The highest BCUT2D eigenvalue weighted by atomic mass is 16.1. The first-order chi connectivity index (χ1) is 15.2. The summed E-state index contributed by atoms with van der Waals surface area (Å²) in [6.07, 6.45) is 0. The number of para-hydroxylation sites is 1. The number of benzene rings is 4. The summed E-state index contributed by atoms with van der Waals surface area (Å²) < 4.78 is 1.96. The first-order valence-electron chi connectivity index (χ1n) is 10.4. The van der Waals surface area contributed by atoms with Gasteiger partial charge < -0.3 is 0 Å². The van der Waals surface area contributed by atoms with Crippen molar-refractivity contribution in [1.29, 1.82) is 0 Å². The second-order valence-electron chi connectivity index (χ2n) is 7.82. The molecular formula is C28H19N2O+. The van der Waals surface area contributed by atoms with Gasteiger partial charge in [0.2, 0.25) is 5.52 Å². The molecule has 0 aliphatic rings. The van der Waals surface area contributed by atoms with Gasteiger partial charge in [0.25, 0.3) is 5.52 Å². The predicted molar refractivity (Wildman–Crippen MR) is 125 cm³/mol. The number of carbonyl (C=O) groups is 1. The van der Waals surface area contributed by atoms with Crippen LogP contribution in [0, 0.1) is 0 Å². The van der Waals surface area contributed by atoms with Crippen molar-refractivity contribution in [1.82, 2.24) is 5.10 Å². The van der Waals surface area contributed by atoms with Gasteiger partial charge in [-0.15, -0.1) is 0 Å². The van der Waals surface area contributed by atoms with Gasteiger partial charge in [-0.05, 0) is 29.1 Å². The Morgan fingerprint density at radius 1 is 0.677 bits per heavy atom. The molecule has 0 aliphatic carbocycles. The molecule has 0 saturated heterocycles. The van der Waals surface area contributed by atoms with Gasteiger partial charge in [-0.1, -0.05) is 78.9 Å². The molecule has 0 radical (unpaired) electrons. The Balaban J connectivity index is 1.93. The lowest BCUT2D eigenvalue weighted by molar-refractivity contribution is -0.548. The average molecular weight is 399 g/mol. The lowest BCUT2D eigenvalue weighted by atomic mass is 9.95. The van der Waals surface area contributed by atoms with Crippen LogP contribution in [0.4, 0.5) is 0 Å². The maximum atomic E-state index is 13.1. The number of nitrogens with zero attached hydrogens (tertiary/aromatic N) is 2. The van der Waals surface area contributed by atoms with Crippen LogP contribution in [0.25, 0.3) is 49.2 Å². The Bertz CT molecular complexity index is 1650. The van der Waals surface area contributed by atoms with Crippen molar-refractivity contribution < 1.29 is 9.31 Å². The van der Waals surface area contributed by atoms with Crippen molar-refractivity contribution in [3.63, 3.8) is 0 Å². The van der Waals surface area contributed by atoms with E-state index in [2.05, 4.69) is 42.5 Å². The largest absolute Gasteiger partial charge is 0.294 e. The molecule has 31 heavy (non-hydrogen) atoms. The van der Waals surface area contributed by atoms with Crippen LogP contribution in [0.1, 0.15) is 17.3 Å². The highest BCUT2D eigenvalue weighted by Crippen LogP contribution is 2.33. The van der Waals surface area contributed by atoms with E-state index in [0.717, 1.165) is 49.2 Å². The topological polar surface area (TPSA) is 34.1 Å². The zero-order valence-electron chi connectivity index (χ0n) is 17.0. The van der Waals surface area contributed by atoms with E-state index < -0.39 is 0 Å². The van der Waals surface area contributed by atoms with Gasteiger partial charge in [0.05, 0.1) is 10.8 Å². The van der Waals surface area contributed by atoms with Crippen molar-refractivity contribution in [3.05, 3.63) is 103 Å². The maximum absolute atomic E-state index is 13.1. The van der Waals surface area contributed by atoms with E-state index in [4.69, 9.17) is 5.10 Å². The van der Waals surface area contributed by atoms with E-state index in [1.807, 2.05) is 59.1 Å². The summed E-state index contributed by atoms with van der Waals surface area (Å²) in [5, 5.41) is 9.30. The van der Waals surface area contributed by atoms with Gasteiger partial charge in [0, 0.05) is 27.5 Å². The lowest BCUT2D eigenvalue weighted by Crippen LogP contribution is -2.30. The second kappa shape index (κ2) is 6.71. The molecule has 0 bridgehead atoms. The molecule has 0 spiro atoms. The minimum absolute atomic E-state index is 0.0375. The monoisotopic (exact) mass is 399 g/mol. The molecule has 4 aromatic carbocycles. The van der Waals surface area contributed by atoms with Crippen LogP contribution in [0.5, 0.6) is 0 Å². The number of aromatic nitrogens is 2. The molecular weight excluding hydrogens is 380 g/mol. The van der Waals surface area contributed by atoms with Crippen LogP contribution < -0.4 is 4.52 Å². The van der Waals surface area contributed by atoms with Crippen LogP contribution in [0.15, 0.2) is 97.1 Å². The third-order valence-electron chi connectivity index (χ3n) is 6.00. The Labute approximate surface area is 179 Å². The van der Waals surface area contributed by atoms with Gasteiger partial charge in [0.1, 0.15) is 11.1 Å². The third kappa shape index (κ3) is 2.57. The number of hydrogen-bond acceptors (Lipinski definition) is 2. The molecule has 0 N–H and O–H groups in total. The van der Waals surface area contributed by atoms with E-state index in [1.165, 1.54) is 0 Å². The zero-order chi connectivity index (χ0) is 20.9. The second-order valence-corrected chi connectivity index (χ2v) is 7.82. The molecule has 0 amide bonds. The number of carbonyl (C=O) groups excluding carboxylic acids is 1. The van der Waals surface area contributed by atoms with Gasteiger partial charge in [0.15, 0.2) is 5.78 Å². The molecule has 0 fully saturated rings. The highest BCUT2D eigenvalue weighted by molar-refractivity contribution is 6.20. The Kier molecular flexibility index (Phi) is 3.84. The fourth-order valence-corrected chi connectivity index (χ4v) is 4.68. The number of rotatable bonds is 2. The van der Waals surface area contributed by atoms with E-state index in [9.17, 15) is 4.79 Å². The number of hydrogen-bond donors (Lipinski definition) is 0. The van der Waals surface area contributed by atoms with Crippen LogP contribution in [-0.2, 0) is 0 Å². The van der Waals surface area contributed by atoms with Crippen LogP contribution >= 0.6 is 0 Å². The van der Waals surface area contributed by atoms with Crippen LogP contribution in [0.2, 0.25) is 0 Å². The quantitative estimate of drug-likeness (QED) is 0.151. The van der Waals surface area contributed by atoms with Gasteiger partial charge >= 0.3 is 0 Å². The first-order valence-corrected chi connectivity index (χ1v) is 10.4. The van der Waals surface area contributed by atoms with E-state index in [-0.39, 0.29) is 5.78 Å². The molecule has 0 atom stereocenters. The van der Waals surface area contributed by atoms with Crippen molar-refractivity contribution in [3.8, 4) is 11.1 Å². The standard InChI is InChI=1S/C28H19N2O/c1-18(31)26-24-16-9-15-20(19-10-3-2-4-11-19)27(24)29-30-25-17-8-7-13-22(25)21-12-5-6-14-23(21)28(26)30/h2-17H,1H3/q+1. The van der Waals surface area contributed by atoms with Crippen molar-refractivity contribution >= 4 is 43.9 Å². The number of ketones is 1. The molecule has 2 aromatic heterocycles. The molecule has 0 saturated carbocycles. The van der Waals surface area contributed by atoms with Crippen LogP contribution in [0.3, 0.4) is 0 Å². The van der Waals surface area contributed by atoms with E-state index >= 15 is 0 Å². The highest BCUT2D eigenvalue weighted by Gasteiger charge is 2.26. The molecule has 6 rings (SSSR count). The Morgan fingerprint density at radius 3 is 2.10 bits per heavy atom. The number of Topliss-reactive ketones (excluding diaryl/α,β-unsaturated/α-hetero) is 1. The van der Waals surface area contributed by atoms with E-state index in [0.29, 0.717) is 5.56 Å². The summed E-state index contributed by atoms with van der Waals surface area (Å²) in [6.45, 7) is 1.65. The summed E-state index contributed by atoms with van der Waals surface area (Å²) in [7, 11) is 0. The van der Waals surface area contributed by atoms with Crippen LogP contribution in [-0.4, -0.2) is 10.9 Å². The van der Waals surface area contributed by atoms with Crippen molar-refractivity contribution in [2.45, 2.75) is 6.92 Å². The van der Waals surface area contributed by atoms with Gasteiger partial charge in [-0.2, -0.15) is 0 Å². The average Bonchev–Trinajstić information content (AvgIpc) is 2.83.